The van der Waals surface area contributed by atoms with Gasteiger partial charge in [-0.05, 0) is 38.0 Å². The molecule has 0 unspecified atom stereocenters. The fourth-order valence-electron chi connectivity index (χ4n) is 1.73. The average molecular weight is 256 g/mol. The van der Waals surface area contributed by atoms with Gasteiger partial charge in [0.1, 0.15) is 5.82 Å². The molecule has 0 radical (unpaired) electrons. The fourth-order valence-corrected chi connectivity index (χ4v) is 1.73. The van der Waals surface area contributed by atoms with Crippen LogP contribution in [0.25, 0.3) is 6.08 Å². The molecule has 5 nitrogen and oxygen atoms in total. The first kappa shape index (κ1) is 13.0. The Balaban J connectivity index is 2.03. The van der Waals surface area contributed by atoms with Crippen LogP contribution in [0.15, 0.2) is 24.3 Å². The van der Waals surface area contributed by atoms with E-state index in [0.29, 0.717) is 5.82 Å². The number of amides is 1. The molecule has 1 aromatic carbocycles. The van der Waals surface area contributed by atoms with Gasteiger partial charge in [0.05, 0.1) is 0 Å². The minimum atomic E-state index is -0.251. The molecule has 98 valence electrons. The third-order valence-corrected chi connectivity index (χ3v) is 2.67. The minimum absolute atomic E-state index is 0.251. The van der Waals surface area contributed by atoms with Crippen LogP contribution in [-0.2, 0) is 4.79 Å². The maximum atomic E-state index is 11.7. The first-order valence-electron chi connectivity index (χ1n) is 6.00. The van der Waals surface area contributed by atoms with E-state index in [9.17, 15) is 4.79 Å². The van der Waals surface area contributed by atoms with Crippen molar-refractivity contribution < 1.29 is 4.79 Å². The van der Waals surface area contributed by atoms with Gasteiger partial charge in [-0.2, -0.15) is 4.98 Å². The lowest BCUT2D eigenvalue weighted by Gasteiger charge is -2.01. The van der Waals surface area contributed by atoms with Crippen molar-refractivity contribution in [3.63, 3.8) is 0 Å². The third kappa shape index (κ3) is 3.51. The van der Waals surface area contributed by atoms with Crippen LogP contribution in [0.3, 0.4) is 0 Å². The highest BCUT2D eigenvalue weighted by molar-refractivity contribution is 6.00. The van der Waals surface area contributed by atoms with Gasteiger partial charge in [-0.15, -0.1) is 5.10 Å². The number of anilines is 1. The van der Waals surface area contributed by atoms with E-state index in [1.807, 2.05) is 26.0 Å². The molecule has 1 amide bonds. The van der Waals surface area contributed by atoms with Crippen LogP contribution in [0.4, 0.5) is 5.95 Å². The van der Waals surface area contributed by atoms with Gasteiger partial charge in [0.15, 0.2) is 0 Å². The van der Waals surface area contributed by atoms with E-state index in [4.69, 9.17) is 0 Å². The predicted octanol–water partition coefficient (Wildman–Crippen LogP) is 2.38. The molecule has 0 aliphatic heterocycles. The Morgan fingerprint density at radius 3 is 2.74 bits per heavy atom. The summed E-state index contributed by atoms with van der Waals surface area (Å²) < 4.78 is 0. The average Bonchev–Trinajstić information content (AvgIpc) is 2.73. The van der Waals surface area contributed by atoms with E-state index in [1.54, 1.807) is 13.0 Å². The summed E-state index contributed by atoms with van der Waals surface area (Å²) >= 11 is 0. The monoisotopic (exact) mass is 256 g/mol. The second-order valence-electron chi connectivity index (χ2n) is 4.43. The van der Waals surface area contributed by atoms with Gasteiger partial charge >= 0.3 is 0 Å². The highest BCUT2D eigenvalue weighted by Crippen LogP contribution is 2.12. The summed E-state index contributed by atoms with van der Waals surface area (Å²) in [4.78, 5) is 15.7. The largest absolute Gasteiger partial charge is 0.290 e. The number of benzene rings is 1. The number of rotatable bonds is 3. The topological polar surface area (TPSA) is 70.7 Å². The van der Waals surface area contributed by atoms with Gasteiger partial charge in [0, 0.05) is 6.08 Å². The van der Waals surface area contributed by atoms with Gasteiger partial charge in [0.25, 0.3) is 5.91 Å². The number of hydrogen-bond acceptors (Lipinski definition) is 3. The zero-order valence-electron chi connectivity index (χ0n) is 11.2. The molecule has 1 aromatic heterocycles. The number of aromatic nitrogens is 3. The molecule has 0 saturated heterocycles. The number of hydrogen-bond donors (Lipinski definition) is 2. The predicted molar refractivity (Wildman–Crippen MR) is 74.7 cm³/mol. The van der Waals surface area contributed by atoms with Crippen LogP contribution in [0.5, 0.6) is 0 Å². The Hall–Kier alpha value is -2.43. The molecule has 0 aliphatic carbocycles. The van der Waals surface area contributed by atoms with E-state index < -0.39 is 0 Å². The standard InChI is InChI=1S/C14H16N4O/c1-9-4-5-12(10(2)8-9)6-7-13(19)16-14-15-11(3)17-18-14/h4-8H,1-3H3,(H2,15,16,17,18,19)/b7-6+. The number of H-pyrrole nitrogens is 1. The number of nitrogens with zero attached hydrogens (tertiary/aromatic N) is 2. The Kier molecular flexibility index (Phi) is 3.75. The number of carbonyl (C=O) groups is 1. The van der Waals surface area contributed by atoms with Gasteiger partial charge in [-0.1, -0.05) is 23.8 Å². The second-order valence-corrected chi connectivity index (χ2v) is 4.43. The lowest BCUT2D eigenvalue weighted by Crippen LogP contribution is -2.09. The second kappa shape index (κ2) is 5.48. The smallest absolute Gasteiger partial charge is 0.250 e. The summed E-state index contributed by atoms with van der Waals surface area (Å²) in [6, 6.07) is 6.09. The molecule has 0 atom stereocenters. The Morgan fingerprint density at radius 1 is 1.32 bits per heavy atom. The molecule has 0 aliphatic rings. The van der Waals surface area contributed by atoms with E-state index in [-0.39, 0.29) is 11.9 Å². The van der Waals surface area contributed by atoms with Gasteiger partial charge in [0.2, 0.25) is 5.95 Å². The highest BCUT2D eigenvalue weighted by Gasteiger charge is 2.02. The van der Waals surface area contributed by atoms with E-state index in [1.165, 1.54) is 11.6 Å². The van der Waals surface area contributed by atoms with Crippen LogP contribution in [-0.4, -0.2) is 21.1 Å². The molecule has 1 heterocycles. The van der Waals surface area contributed by atoms with Crippen molar-refractivity contribution in [1.82, 2.24) is 15.2 Å². The summed E-state index contributed by atoms with van der Waals surface area (Å²) in [5.41, 5.74) is 3.36. The van der Waals surface area contributed by atoms with Gasteiger partial charge < -0.3 is 0 Å². The lowest BCUT2D eigenvalue weighted by molar-refractivity contribution is -0.111. The van der Waals surface area contributed by atoms with Crippen molar-refractivity contribution in [1.29, 1.82) is 0 Å². The van der Waals surface area contributed by atoms with Crippen molar-refractivity contribution in [3.05, 3.63) is 46.8 Å². The molecule has 0 spiro atoms. The molecule has 0 saturated carbocycles. The van der Waals surface area contributed by atoms with Crippen LogP contribution in [0.1, 0.15) is 22.5 Å². The van der Waals surface area contributed by atoms with Crippen molar-refractivity contribution in [2.24, 2.45) is 0 Å². The maximum absolute atomic E-state index is 11.7. The highest BCUT2D eigenvalue weighted by atomic mass is 16.1. The first-order valence-corrected chi connectivity index (χ1v) is 6.00. The summed E-state index contributed by atoms with van der Waals surface area (Å²) in [6.07, 6.45) is 3.26. The number of aromatic amines is 1. The summed E-state index contributed by atoms with van der Waals surface area (Å²) in [6.45, 7) is 5.83. The zero-order valence-corrected chi connectivity index (χ0v) is 11.2. The van der Waals surface area contributed by atoms with Crippen LogP contribution in [0.2, 0.25) is 0 Å². The summed E-state index contributed by atoms with van der Waals surface area (Å²) in [5, 5.41) is 9.09. The lowest BCUT2D eigenvalue weighted by atomic mass is 10.1. The minimum Gasteiger partial charge on any atom is -0.290 e. The molecular formula is C14H16N4O. The molecule has 0 bridgehead atoms. The van der Waals surface area contributed by atoms with E-state index in [2.05, 4.69) is 26.6 Å². The Labute approximate surface area is 111 Å². The van der Waals surface area contributed by atoms with Crippen LogP contribution >= 0.6 is 0 Å². The van der Waals surface area contributed by atoms with Crippen LogP contribution in [0, 0.1) is 20.8 Å². The number of nitrogens with one attached hydrogen (secondary N) is 2. The molecular weight excluding hydrogens is 240 g/mol. The maximum Gasteiger partial charge on any atom is 0.250 e. The van der Waals surface area contributed by atoms with Crippen LogP contribution < -0.4 is 5.32 Å². The normalized spacial score (nSPS) is 10.9. The third-order valence-electron chi connectivity index (χ3n) is 2.67. The van der Waals surface area contributed by atoms with Crippen molar-refractivity contribution in [2.75, 3.05) is 5.32 Å². The Bertz CT molecular complexity index is 628. The molecule has 2 rings (SSSR count). The fraction of sp³-hybridized carbons (Fsp3) is 0.214. The van der Waals surface area contributed by atoms with Crippen molar-refractivity contribution in [3.8, 4) is 0 Å². The molecule has 0 fully saturated rings. The SMILES string of the molecule is Cc1ccc(/C=C/C(=O)Nc2n[nH]c(C)n2)c(C)c1. The molecule has 19 heavy (non-hydrogen) atoms. The summed E-state index contributed by atoms with van der Waals surface area (Å²) in [7, 11) is 0. The first-order chi connectivity index (χ1) is 9.04. The zero-order chi connectivity index (χ0) is 13.8. The Morgan fingerprint density at radius 2 is 2.11 bits per heavy atom. The van der Waals surface area contributed by atoms with Gasteiger partial charge in [-0.3, -0.25) is 15.2 Å². The molecule has 5 heteroatoms. The number of carbonyl (C=O) groups excluding carboxylic acids is 1. The summed E-state index contributed by atoms with van der Waals surface area (Å²) in [5.74, 6) is 0.695. The number of aryl methyl sites for hydroxylation is 3. The van der Waals surface area contributed by atoms with E-state index in [0.717, 1.165) is 11.1 Å². The quantitative estimate of drug-likeness (QED) is 0.828. The van der Waals surface area contributed by atoms with Gasteiger partial charge in [-0.25, -0.2) is 0 Å². The van der Waals surface area contributed by atoms with E-state index >= 15 is 0 Å². The molecule has 2 aromatic rings. The van der Waals surface area contributed by atoms with Crippen molar-refractivity contribution in [2.45, 2.75) is 20.8 Å². The van der Waals surface area contributed by atoms with Crippen molar-refractivity contribution >= 4 is 17.9 Å². The molecule has 2 N–H and O–H groups in total.